The van der Waals surface area contributed by atoms with Crippen LogP contribution < -0.4 is 9.46 Å². The molecule has 1 N–H and O–H groups in total. The van der Waals surface area contributed by atoms with Crippen molar-refractivity contribution in [2.75, 3.05) is 0 Å². The first-order valence-electron chi connectivity index (χ1n) is 10.7. The summed E-state index contributed by atoms with van der Waals surface area (Å²) >= 11 is 0. The molecule has 4 rings (SSSR count). The van der Waals surface area contributed by atoms with Crippen LogP contribution in [0.1, 0.15) is 23.6 Å². The molecule has 1 atom stereocenters. The number of nitro groups is 1. The lowest BCUT2D eigenvalue weighted by Crippen LogP contribution is -2.31. The third kappa shape index (κ3) is 5.71. The zero-order chi connectivity index (χ0) is 25.0. The van der Waals surface area contributed by atoms with Gasteiger partial charge in [-0.2, -0.15) is 0 Å². The van der Waals surface area contributed by atoms with Crippen molar-refractivity contribution in [1.82, 2.24) is 4.72 Å². The topological polar surface area (TPSA) is 116 Å². The Morgan fingerprint density at radius 3 is 2.29 bits per heavy atom. The predicted octanol–water partition coefficient (Wildman–Crippen LogP) is 5.07. The maximum Gasteiger partial charge on any atom is 0.313 e. The molecule has 0 bridgehead atoms. The van der Waals surface area contributed by atoms with Crippen LogP contribution in [0.5, 0.6) is 5.75 Å². The zero-order valence-electron chi connectivity index (χ0n) is 18.7. The van der Waals surface area contributed by atoms with E-state index < -0.39 is 27.0 Å². The molecule has 0 aliphatic carbocycles. The summed E-state index contributed by atoms with van der Waals surface area (Å²) in [5.41, 5.74) is 1.41. The molecule has 178 valence electrons. The van der Waals surface area contributed by atoms with Gasteiger partial charge in [0.1, 0.15) is 5.75 Å². The van der Waals surface area contributed by atoms with Gasteiger partial charge >= 0.3 is 5.97 Å². The van der Waals surface area contributed by atoms with Crippen molar-refractivity contribution in [2.24, 2.45) is 0 Å². The number of esters is 1. The smallest absolute Gasteiger partial charge is 0.313 e. The number of rotatable bonds is 8. The number of nitro benzene ring substituents is 1. The Kier molecular flexibility index (Phi) is 6.90. The minimum absolute atomic E-state index is 0.0806. The highest BCUT2D eigenvalue weighted by Gasteiger charge is 2.26. The Bertz CT molecular complexity index is 1480. The number of carbonyl (C=O) groups excluding carboxylic acids is 1. The predicted molar refractivity (Wildman–Crippen MR) is 132 cm³/mol. The molecule has 0 aliphatic heterocycles. The molecule has 0 saturated heterocycles. The van der Waals surface area contributed by atoms with Gasteiger partial charge in [-0.05, 0) is 47.5 Å². The monoisotopic (exact) mass is 490 g/mol. The molecule has 4 aromatic rings. The number of fused-ring (bicyclic) bond motifs is 1. The average molecular weight is 491 g/mol. The maximum atomic E-state index is 13.2. The van der Waals surface area contributed by atoms with E-state index in [1.54, 1.807) is 24.3 Å². The van der Waals surface area contributed by atoms with E-state index in [-0.39, 0.29) is 22.8 Å². The van der Waals surface area contributed by atoms with Crippen molar-refractivity contribution in [3.63, 3.8) is 0 Å². The summed E-state index contributed by atoms with van der Waals surface area (Å²) in [6.07, 6.45) is -0.296. The Balaban J connectivity index is 1.65. The first-order valence-corrected chi connectivity index (χ1v) is 12.2. The quantitative estimate of drug-likeness (QED) is 0.160. The highest BCUT2D eigenvalue weighted by atomic mass is 32.2. The summed E-state index contributed by atoms with van der Waals surface area (Å²) in [6.45, 7) is 1.86. The molecule has 0 fully saturated rings. The average Bonchev–Trinajstić information content (AvgIpc) is 2.83. The van der Waals surface area contributed by atoms with Crippen molar-refractivity contribution in [3.05, 3.63) is 112 Å². The fraction of sp³-hybridized carbons (Fsp3) is 0.115. The van der Waals surface area contributed by atoms with Gasteiger partial charge in [-0.3, -0.25) is 14.9 Å². The number of ether oxygens (including phenoxy) is 1. The molecule has 0 aliphatic rings. The van der Waals surface area contributed by atoms with Crippen LogP contribution in [0.15, 0.2) is 95.9 Å². The molecule has 9 heteroatoms. The lowest BCUT2D eigenvalue weighted by atomic mass is 9.97. The van der Waals surface area contributed by atoms with Gasteiger partial charge in [0.15, 0.2) is 0 Å². The number of carbonyl (C=O) groups is 1. The van der Waals surface area contributed by atoms with E-state index in [4.69, 9.17) is 4.74 Å². The van der Waals surface area contributed by atoms with Crippen LogP contribution in [-0.4, -0.2) is 19.3 Å². The fourth-order valence-corrected chi connectivity index (χ4v) is 4.93. The molecule has 0 radical (unpaired) electrons. The van der Waals surface area contributed by atoms with E-state index in [1.807, 2.05) is 37.3 Å². The number of nitrogens with one attached hydrogen (secondary N) is 1. The lowest BCUT2D eigenvalue weighted by Gasteiger charge is -2.20. The standard InChI is InChI=1S/C26H22N2O6S/c1-18-9-15-22(16-10-18)35(32,33)27-25(24-8-4-6-19-5-2-3-7-23(19)24)17-26(29)34-21-13-11-20(12-14-21)28(30)31/h2-16,25,27H,17H2,1H3/t25-/m0/s1. The molecule has 4 aromatic carbocycles. The molecule has 0 unspecified atom stereocenters. The second-order valence-electron chi connectivity index (χ2n) is 7.98. The normalized spacial score (nSPS) is 12.3. The van der Waals surface area contributed by atoms with Gasteiger partial charge in [-0.25, -0.2) is 13.1 Å². The third-order valence-electron chi connectivity index (χ3n) is 5.48. The number of hydrogen-bond acceptors (Lipinski definition) is 6. The molecule has 0 saturated carbocycles. The van der Waals surface area contributed by atoms with Crippen molar-refractivity contribution < 1.29 is 22.9 Å². The number of non-ortho nitro benzene ring substituents is 1. The largest absolute Gasteiger partial charge is 0.426 e. The number of aryl methyl sites for hydroxylation is 1. The minimum atomic E-state index is -3.96. The lowest BCUT2D eigenvalue weighted by molar-refractivity contribution is -0.384. The van der Waals surface area contributed by atoms with E-state index in [0.717, 1.165) is 16.3 Å². The Labute approximate surface area is 202 Å². The van der Waals surface area contributed by atoms with Crippen molar-refractivity contribution in [3.8, 4) is 5.75 Å². The molecule has 0 heterocycles. The van der Waals surface area contributed by atoms with Gasteiger partial charge in [0.2, 0.25) is 10.0 Å². The number of sulfonamides is 1. The minimum Gasteiger partial charge on any atom is -0.426 e. The van der Waals surface area contributed by atoms with Gasteiger partial charge in [0.25, 0.3) is 5.69 Å². The Hall–Kier alpha value is -4.08. The van der Waals surface area contributed by atoms with Crippen LogP contribution in [0.3, 0.4) is 0 Å². The number of nitrogens with zero attached hydrogens (tertiary/aromatic N) is 1. The summed E-state index contributed by atoms with van der Waals surface area (Å²) in [5, 5.41) is 12.5. The molecular weight excluding hydrogens is 468 g/mol. The number of hydrogen-bond donors (Lipinski definition) is 1. The zero-order valence-corrected chi connectivity index (χ0v) is 19.6. The van der Waals surface area contributed by atoms with Crippen LogP contribution in [-0.2, 0) is 14.8 Å². The highest BCUT2D eigenvalue weighted by molar-refractivity contribution is 7.89. The Morgan fingerprint density at radius 1 is 0.943 bits per heavy atom. The van der Waals surface area contributed by atoms with Crippen molar-refractivity contribution >= 4 is 32.5 Å². The summed E-state index contributed by atoms with van der Waals surface area (Å²) in [7, 11) is -3.96. The molecule has 0 aromatic heterocycles. The Morgan fingerprint density at radius 2 is 1.60 bits per heavy atom. The van der Waals surface area contributed by atoms with Crippen LogP contribution in [0.2, 0.25) is 0 Å². The van der Waals surface area contributed by atoms with Gasteiger partial charge < -0.3 is 4.74 Å². The number of benzene rings is 4. The van der Waals surface area contributed by atoms with E-state index in [1.165, 1.54) is 36.4 Å². The summed E-state index contributed by atoms with van der Waals surface area (Å²) in [6, 6.07) is 23.5. The first kappa shape index (κ1) is 24.1. The second-order valence-corrected chi connectivity index (χ2v) is 9.70. The SMILES string of the molecule is Cc1ccc(S(=O)(=O)N[C@@H](CC(=O)Oc2ccc([N+](=O)[O-])cc2)c2cccc3ccccc23)cc1. The van der Waals surface area contributed by atoms with E-state index in [0.29, 0.717) is 5.56 Å². The van der Waals surface area contributed by atoms with Gasteiger partial charge in [-0.15, -0.1) is 0 Å². The summed E-state index contributed by atoms with van der Waals surface area (Å²) < 4.78 is 34.4. The van der Waals surface area contributed by atoms with E-state index in [2.05, 4.69) is 4.72 Å². The van der Waals surface area contributed by atoms with Crippen molar-refractivity contribution in [1.29, 1.82) is 0 Å². The van der Waals surface area contributed by atoms with Crippen LogP contribution in [0, 0.1) is 17.0 Å². The summed E-state index contributed by atoms with van der Waals surface area (Å²) in [5.74, 6) is -0.568. The van der Waals surface area contributed by atoms with Crippen LogP contribution in [0.25, 0.3) is 10.8 Å². The fourth-order valence-electron chi connectivity index (χ4n) is 3.72. The second kappa shape index (κ2) is 10.0. The van der Waals surface area contributed by atoms with Crippen LogP contribution >= 0.6 is 0 Å². The molecular formula is C26H22N2O6S. The van der Waals surface area contributed by atoms with E-state index >= 15 is 0 Å². The van der Waals surface area contributed by atoms with Gasteiger partial charge in [-0.1, -0.05) is 60.2 Å². The van der Waals surface area contributed by atoms with Crippen LogP contribution in [0.4, 0.5) is 5.69 Å². The molecule has 8 nitrogen and oxygen atoms in total. The van der Waals surface area contributed by atoms with Gasteiger partial charge in [0, 0.05) is 12.1 Å². The highest BCUT2D eigenvalue weighted by Crippen LogP contribution is 2.29. The summed E-state index contributed by atoms with van der Waals surface area (Å²) in [4.78, 5) is 23.2. The van der Waals surface area contributed by atoms with E-state index in [9.17, 15) is 23.3 Å². The van der Waals surface area contributed by atoms with Crippen molar-refractivity contribution in [2.45, 2.75) is 24.3 Å². The van der Waals surface area contributed by atoms with Gasteiger partial charge in [0.05, 0.1) is 22.3 Å². The third-order valence-corrected chi connectivity index (χ3v) is 6.97. The molecule has 35 heavy (non-hydrogen) atoms. The maximum absolute atomic E-state index is 13.2. The first-order chi connectivity index (χ1) is 16.7. The molecule has 0 spiro atoms. The molecule has 0 amide bonds.